The number of fused-ring (bicyclic) bond motifs is 1. The summed E-state index contributed by atoms with van der Waals surface area (Å²) in [5.74, 6) is 0.470. The minimum atomic E-state index is -3.53. The smallest absolute Gasteiger partial charge is 0.252 e. The average Bonchev–Trinajstić information content (AvgIpc) is 3.45. The lowest BCUT2D eigenvalue weighted by atomic mass is 9.93. The zero-order chi connectivity index (χ0) is 22.3. The third-order valence-corrected chi connectivity index (χ3v) is 11.2. The molecule has 0 unspecified atom stereocenters. The molecule has 2 aliphatic heterocycles. The van der Waals surface area contributed by atoms with Gasteiger partial charge in [-0.2, -0.15) is 4.31 Å². The molecule has 5 rings (SSSR count). The average molecular weight is 510 g/mol. The molecule has 0 radical (unpaired) electrons. The molecule has 2 aliphatic rings. The van der Waals surface area contributed by atoms with Crippen LogP contribution < -0.4 is 0 Å². The monoisotopic (exact) mass is 509 g/mol. The molecule has 2 fully saturated rings. The van der Waals surface area contributed by atoms with E-state index in [0.29, 0.717) is 36.2 Å². The number of sulfonamides is 1. The Morgan fingerprint density at radius 3 is 2.34 bits per heavy atom. The molecule has 0 spiro atoms. The number of rotatable bonds is 4. The highest BCUT2D eigenvalue weighted by Gasteiger charge is 2.35. The van der Waals surface area contributed by atoms with E-state index < -0.39 is 10.0 Å². The maximum atomic E-state index is 13.1. The van der Waals surface area contributed by atoms with Crippen LogP contribution in [0.3, 0.4) is 0 Å². The second-order valence-electron chi connectivity index (χ2n) is 8.36. The van der Waals surface area contributed by atoms with E-state index in [1.165, 1.54) is 14.0 Å². The van der Waals surface area contributed by atoms with Crippen LogP contribution in [0, 0.1) is 5.92 Å². The Morgan fingerprint density at radius 1 is 0.969 bits per heavy atom. The Hall–Kier alpha value is -1.52. The summed E-state index contributed by atoms with van der Waals surface area (Å²) in [6.45, 7) is 2.23. The first kappa shape index (κ1) is 22.3. The van der Waals surface area contributed by atoms with Crippen LogP contribution in [0.5, 0.6) is 0 Å². The second-order valence-corrected chi connectivity index (χ2v) is 13.3. The van der Waals surface area contributed by atoms with Gasteiger partial charge in [0.2, 0.25) is 5.91 Å². The Balaban J connectivity index is 1.16. The third kappa shape index (κ3) is 4.33. The number of aromatic nitrogens is 1. The van der Waals surface area contributed by atoms with Gasteiger partial charge in [0, 0.05) is 38.0 Å². The van der Waals surface area contributed by atoms with Gasteiger partial charge in [0.25, 0.3) is 10.0 Å². The number of likely N-dealkylation sites (tertiary alicyclic amines) is 1. The van der Waals surface area contributed by atoms with Crippen molar-refractivity contribution >= 4 is 60.4 Å². The summed E-state index contributed by atoms with van der Waals surface area (Å²) in [7, 11) is -3.53. The maximum absolute atomic E-state index is 13.1. The fraction of sp³-hybridized carbons (Fsp3) is 0.455. The van der Waals surface area contributed by atoms with Gasteiger partial charge < -0.3 is 4.90 Å². The van der Waals surface area contributed by atoms with E-state index in [0.717, 1.165) is 42.8 Å². The SMILES string of the molecule is O=C(C1CCN(S(=O)(=O)c2ccc(Cl)s2)CC1)N1CCC(c2nc3ccccc3s2)CC1. The highest BCUT2D eigenvalue weighted by atomic mass is 35.5. The standard InChI is InChI=1S/C22H24ClN3O3S3/c23-19-5-6-20(31-19)32(28,29)26-13-9-16(10-14-26)22(27)25-11-7-15(8-12-25)21-24-17-3-1-2-4-18(17)30-21/h1-6,15-16H,7-14H2. The lowest BCUT2D eigenvalue weighted by molar-refractivity contribution is -0.137. The number of carbonyl (C=O) groups excluding carboxylic acids is 1. The summed E-state index contributed by atoms with van der Waals surface area (Å²) in [6.07, 6.45) is 2.99. The summed E-state index contributed by atoms with van der Waals surface area (Å²) in [4.78, 5) is 19.9. The number of piperidine rings is 2. The number of carbonyl (C=O) groups is 1. The van der Waals surface area contributed by atoms with Gasteiger partial charge in [-0.15, -0.1) is 22.7 Å². The highest BCUT2D eigenvalue weighted by molar-refractivity contribution is 7.91. The van der Waals surface area contributed by atoms with Crippen LogP contribution in [-0.4, -0.2) is 54.7 Å². The summed E-state index contributed by atoms with van der Waals surface area (Å²) >= 11 is 8.74. The molecule has 0 bridgehead atoms. The van der Waals surface area contributed by atoms with Crippen LogP contribution in [-0.2, 0) is 14.8 Å². The Labute approximate surface area is 200 Å². The molecule has 0 aliphatic carbocycles. The van der Waals surface area contributed by atoms with E-state index in [-0.39, 0.29) is 16.0 Å². The molecule has 0 N–H and O–H groups in total. The van der Waals surface area contributed by atoms with E-state index >= 15 is 0 Å². The van der Waals surface area contributed by atoms with E-state index in [4.69, 9.17) is 16.6 Å². The van der Waals surface area contributed by atoms with E-state index in [1.807, 2.05) is 23.1 Å². The minimum Gasteiger partial charge on any atom is -0.342 e. The van der Waals surface area contributed by atoms with Gasteiger partial charge in [0.05, 0.1) is 19.6 Å². The molecule has 3 aromatic rings. The number of benzene rings is 1. The molecule has 4 heterocycles. The van der Waals surface area contributed by atoms with Gasteiger partial charge in [-0.1, -0.05) is 23.7 Å². The first-order valence-electron chi connectivity index (χ1n) is 10.8. The van der Waals surface area contributed by atoms with Gasteiger partial charge in [-0.3, -0.25) is 4.79 Å². The molecule has 2 aromatic heterocycles. The Morgan fingerprint density at radius 2 is 1.69 bits per heavy atom. The van der Waals surface area contributed by atoms with Crippen molar-refractivity contribution < 1.29 is 13.2 Å². The molecule has 0 saturated carbocycles. The van der Waals surface area contributed by atoms with Crippen molar-refractivity contribution in [3.63, 3.8) is 0 Å². The molecular weight excluding hydrogens is 486 g/mol. The molecular formula is C22H24ClN3O3S3. The van der Waals surface area contributed by atoms with Crippen molar-refractivity contribution in [3.8, 4) is 0 Å². The van der Waals surface area contributed by atoms with Gasteiger partial charge in [-0.25, -0.2) is 13.4 Å². The van der Waals surface area contributed by atoms with E-state index in [1.54, 1.807) is 23.5 Å². The number of thiazole rings is 1. The summed E-state index contributed by atoms with van der Waals surface area (Å²) in [6, 6.07) is 11.4. The van der Waals surface area contributed by atoms with Gasteiger partial charge >= 0.3 is 0 Å². The quantitative estimate of drug-likeness (QED) is 0.505. The number of thiophene rings is 1. The summed E-state index contributed by atoms with van der Waals surface area (Å²) in [5.41, 5.74) is 1.05. The lowest BCUT2D eigenvalue weighted by Gasteiger charge is -2.36. The topological polar surface area (TPSA) is 70.6 Å². The van der Waals surface area contributed by atoms with Gasteiger partial charge in [0.1, 0.15) is 4.21 Å². The second kappa shape index (κ2) is 9.02. The molecule has 170 valence electrons. The fourth-order valence-electron chi connectivity index (χ4n) is 4.58. The predicted octanol–water partition coefficient (Wildman–Crippen LogP) is 4.82. The number of nitrogens with zero attached hydrogens (tertiary/aromatic N) is 3. The van der Waals surface area contributed by atoms with Crippen LogP contribution in [0.4, 0.5) is 0 Å². The van der Waals surface area contributed by atoms with Crippen molar-refractivity contribution in [1.29, 1.82) is 0 Å². The number of amides is 1. The molecule has 1 aromatic carbocycles. The van der Waals surface area contributed by atoms with Crippen LogP contribution in [0.1, 0.15) is 36.6 Å². The summed E-state index contributed by atoms with van der Waals surface area (Å²) in [5, 5.41) is 1.17. The normalized spacial score (nSPS) is 19.6. The van der Waals surface area contributed by atoms with Crippen molar-refractivity contribution in [3.05, 3.63) is 45.7 Å². The number of hydrogen-bond donors (Lipinski definition) is 0. The molecule has 10 heteroatoms. The lowest BCUT2D eigenvalue weighted by Crippen LogP contribution is -2.46. The van der Waals surface area contributed by atoms with Crippen molar-refractivity contribution in [2.45, 2.75) is 35.8 Å². The third-order valence-electron chi connectivity index (χ3n) is 6.41. The predicted molar refractivity (Wildman–Crippen MR) is 129 cm³/mol. The Kier molecular flexibility index (Phi) is 6.28. The van der Waals surface area contributed by atoms with E-state index in [9.17, 15) is 13.2 Å². The minimum absolute atomic E-state index is 0.104. The van der Waals surface area contributed by atoms with Crippen LogP contribution in [0.15, 0.2) is 40.6 Å². The highest BCUT2D eigenvalue weighted by Crippen LogP contribution is 2.35. The molecule has 1 amide bonds. The van der Waals surface area contributed by atoms with Crippen molar-refractivity contribution in [1.82, 2.24) is 14.2 Å². The van der Waals surface area contributed by atoms with Crippen LogP contribution in [0.2, 0.25) is 4.34 Å². The zero-order valence-electron chi connectivity index (χ0n) is 17.4. The first-order chi connectivity index (χ1) is 15.4. The fourth-order valence-corrected chi connectivity index (χ4v) is 8.82. The Bertz CT molecular complexity index is 1190. The number of para-hydroxylation sites is 1. The number of halogens is 1. The van der Waals surface area contributed by atoms with Crippen molar-refractivity contribution in [2.75, 3.05) is 26.2 Å². The largest absolute Gasteiger partial charge is 0.342 e. The molecule has 32 heavy (non-hydrogen) atoms. The number of hydrogen-bond acceptors (Lipinski definition) is 6. The molecule has 2 saturated heterocycles. The van der Waals surface area contributed by atoms with Crippen LogP contribution in [0.25, 0.3) is 10.2 Å². The van der Waals surface area contributed by atoms with E-state index in [2.05, 4.69) is 6.07 Å². The molecule has 0 atom stereocenters. The van der Waals surface area contributed by atoms with Crippen LogP contribution >= 0.6 is 34.3 Å². The van der Waals surface area contributed by atoms with Gasteiger partial charge in [-0.05, 0) is 49.9 Å². The van der Waals surface area contributed by atoms with Crippen molar-refractivity contribution in [2.24, 2.45) is 5.92 Å². The summed E-state index contributed by atoms with van der Waals surface area (Å²) < 4.78 is 29.0. The zero-order valence-corrected chi connectivity index (χ0v) is 20.7. The molecule has 6 nitrogen and oxygen atoms in total. The first-order valence-corrected chi connectivity index (χ1v) is 14.3. The van der Waals surface area contributed by atoms with Gasteiger partial charge in [0.15, 0.2) is 0 Å². The maximum Gasteiger partial charge on any atom is 0.252 e.